The van der Waals surface area contributed by atoms with Gasteiger partial charge < -0.3 is 25.2 Å². The van der Waals surface area contributed by atoms with Gasteiger partial charge in [0.15, 0.2) is 6.04 Å². The molecule has 1 fully saturated rings. The molecule has 0 bridgehead atoms. The highest BCUT2D eigenvalue weighted by atomic mass is 16.5. The van der Waals surface area contributed by atoms with E-state index in [0.29, 0.717) is 26.2 Å². The van der Waals surface area contributed by atoms with E-state index >= 15 is 0 Å². The number of hydrogen-bond acceptors (Lipinski definition) is 5. The number of ether oxygens (including phenoxy) is 1. The minimum absolute atomic E-state index is 0.0639. The predicted octanol–water partition coefficient (Wildman–Crippen LogP) is -1.20. The standard InChI is InChI=1S/C12H23N3O5/c1-20-9-10(11(17)18)13-12(19)15-4-2-3-14(5-6-15)7-8-16/h10,16H,2-9H2,1H3,(H,13,19)(H,17,18). The van der Waals surface area contributed by atoms with Crippen LogP contribution in [0.5, 0.6) is 0 Å². The highest BCUT2D eigenvalue weighted by Gasteiger charge is 2.24. The first-order valence-corrected chi connectivity index (χ1v) is 6.69. The van der Waals surface area contributed by atoms with E-state index in [1.54, 1.807) is 4.90 Å². The summed E-state index contributed by atoms with van der Waals surface area (Å²) < 4.78 is 4.78. The van der Waals surface area contributed by atoms with Crippen LogP contribution >= 0.6 is 0 Å². The molecule has 1 aliphatic heterocycles. The number of β-amino-alcohol motifs (C(OH)–C–C–N with tert-alkyl or cyclic N) is 1. The van der Waals surface area contributed by atoms with Crippen molar-refractivity contribution in [3.05, 3.63) is 0 Å². The van der Waals surface area contributed by atoms with E-state index in [0.717, 1.165) is 13.0 Å². The maximum atomic E-state index is 12.0. The largest absolute Gasteiger partial charge is 0.480 e. The van der Waals surface area contributed by atoms with E-state index in [2.05, 4.69) is 10.2 Å². The number of rotatable bonds is 6. The number of amides is 2. The van der Waals surface area contributed by atoms with Gasteiger partial charge in [-0.15, -0.1) is 0 Å². The number of carbonyl (C=O) groups excluding carboxylic acids is 1. The zero-order chi connectivity index (χ0) is 15.0. The molecule has 0 radical (unpaired) electrons. The summed E-state index contributed by atoms with van der Waals surface area (Å²) in [4.78, 5) is 26.7. The van der Waals surface area contributed by atoms with Crippen molar-refractivity contribution in [2.75, 3.05) is 53.0 Å². The second-order valence-electron chi connectivity index (χ2n) is 4.70. The summed E-state index contributed by atoms with van der Waals surface area (Å²) in [7, 11) is 1.39. The molecule has 1 saturated heterocycles. The van der Waals surface area contributed by atoms with Crippen LogP contribution in [-0.4, -0.2) is 91.1 Å². The van der Waals surface area contributed by atoms with Crippen LogP contribution < -0.4 is 5.32 Å². The fourth-order valence-electron chi connectivity index (χ4n) is 2.12. The number of aliphatic carboxylic acids is 1. The van der Waals surface area contributed by atoms with Gasteiger partial charge in [0.2, 0.25) is 0 Å². The van der Waals surface area contributed by atoms with Gasteiger partial charge in [-0.2, -0.15) is 0 Å². The first-order valence-electron chi connectivity index (χ1n) is 6.69. The fraction of sp³-hybridized carbons (Fsp3) is 0.833. The van der Waals surface area contributed by atoms with E-state index in [4.69, 9.17) is 14.9 Å². The van der Waals surface area contributed by atoms with Crippen LogP contribution in [0.15, 0.2) is 0 Å². The Kier molecular flexibility index (Phi) is 7.27. The first-order chi connectivity index (χ1) is 9.58. The van der Waals surface area contributed by atoms with Crippen molar-refractivity contribution in [3.63, 3.8) is 0 Å². The third-order valence-corrected chi connectivity index (χ3v) is 3.22. The van der Waals surface area contributed by atoms with E-state index in [1.165, 1.54) is 7.11 Å². The average molecular weight is 289 g/mol. The fourth-order valence-corrected chi connectivity index (χ4v) is 2.12. The average Bonchev–Trinajstić information content (AvgIpc) is 2.64. The highest BCUT2D eigenvalue weighted by Crippen LogP contribution is 2.03. The predicted molar refractivity (Wildman–Crippen MR) is 71.5 cm³/mol. The van der Waals surface area contributed by atoms with Crippen LogP contribution in [0, 0.1) is 0 Å². The Labute approximate surface area is 118 Å². The Balaban J connectivity index is 2.48. The number of urea groups is 1. The normalized spacial score (nSPS) is 18.4. The molecule has 1 aliphatic rings. The number of nitrogens with one attached hydrogen (secondary N) is 1. The number of hydrogen-bond donors (Lipinski definition) is 3. The van der Waals surface area contributed by atoms with Crippen molar-refractivity contribution in [3.8, 4) is 0 Å². The molecule has 8 nitrogen and oxygen atoms in total. The molecule has 0 aliphatic carbocycles. The maximum absolute atomic E-state index is 12.0. The van der Waals surface area contributed by atoms with Crippen LogP contribution in [0.3, 0.4) is 0 Å². The Hall–Kier alpha value is -1.38. The summed E-state index contributed by atoms with van der Waals surface area (Å²) >= 11 is 0. The molecule has 1 atom stereocenters. The third-order valence-electron chi connectivity index (χ3n) is 3.22. The molecule has 0 aromatic rings. The number of carboxylic acids is 1. The van der Waals surface area contributed by atoms with Gasteiger partial charge in [-0.05, 0) is 13.0 Å². The van der Waals surface area contributed by atoms with E-state index in [1.807, 2.05) is 0 Å². The van der Waals surface area contributed by atoms with Crippen molar-refractivity contribution >= 4 is 12.0 Å². The van der Waals surface area contributed by atoms with Crippen LogP contribution in [-0.2, 0) is 9.53 Å². The summed E-state index contributed by atoms with van der Waals surface area (Å²) in [6.07, 6.45) is 0.801. The molecule has 1 unspecified atom stereocenters. The molecular weight excluding hydrogens is 266 g/mol. The molecule has 3 N–H and O–H groups in total. The van der Waals surface area contributed by atoms with Gasteiger partial charge in [0.05, 0.1) is 13.2 Å². The molecule has 1 rings (SSSR count). The van der Waals surface area contributed by atoms with E-state index < -0.39 is 12.0 Å². The summed E-state index contributed by atoms with van der Waals surface area (Å²) in [5.74, 6) is -1.11. The number of carboxylic acid groups (broad SMARTS) is 1. The third kappa shape index (κ3) is 5.32. The van der Waals surface area contributed by atoms with Gasteiger partial charge >= 0.3 is 12.0 Å². The molecule has 116 valence electrons. The minimum atomic E-state index is -1.11. The van der Waals surface area contributed by atoms with E-state index in [-0.39, 0.29) is 19.2 Å². The van der Waals surface area contributed by atoms with Gasteiger partial charge in [-0.3, -0.25) is 4.90 Å². The molecule has 20 heavy (non-hydrogen) atoms. The molecule has 1 heterocycles. The molecule has 2 amide bonds. The Bertz CT molecular complexity index is 326. The number of methoxy groups -OCH3 is 1. The minimum Gasteiger partial charge on any atom is -0.480 e. The van der Waals surface area contributed by atoms with Crippen molar-refractivity contribution in [2.45, 2.75) is 12.5 Å². The first kappa shape index (κ1) is 16.7. The van der Waals surface area contributed by atoms with Gasteiger partial charge in [0, 0.05) is 33.3 Å². The number of nitrogens with zero attached hydrogens (tertiary/aromatic N) is 2. The van der Waals surface area contributed by atoms with Crippen LogP contribution in [0.2, 0.25) is 0 Å². The van der Waals surface area contributed by atoms with Crippen LogP contribution in [0.4, 0.5) is 4.79 Å². The molecular formula is C12H23N3O5. The SMILES string of the molecule is COCC(NC(=O)N1CCCN(CCO)CC1)C(=O)O. The highest BCUT2D eigenvalue weighted by molar-refractivity contribution is 5.82. The Morgan fingerprint density at radius 1 is 1.30 bits per heavy atom. The quantitative estimate of drug-likeness (QED) is 0.567. The van der Waals surface area contributed by atoms with E-state index in [9.17, 15) is 9.59 Å². The molecule has 0 saturated carbocycles. The van der Waals surface area contributed by atoms with Gasteiger partial charge in [0.25, 0.3) is 0 Å². The van der Waals surface area contributed by atoms with Crippen LogP contribution in [0.1, 0.15) is 6.42 Å². The molecule has 8 heteroatoms. The topological polar surface area (TPSA) is 102 Å². The van der Waals surface area contributed by atoms with Gasteiger partial charge in [-0.1, -0.05) is 0 Å². The zero-order valence-electron chi connectivity index (χ0n) is 11.7. The Morgan fingerprint density at radius 2 is 2.05 bits per heavy atom. The number of carbonyl (C=O) groups is 2. The van der Waals surface area contributed by atoms with Crippen molar-refractivity contribution in [2.24, 2.45) is 0 Å². The number of aliphatic hydroxyl groups excluding tert-OH is 1. The second kappa shape index (κ2) is 8.72. The van der Waals surface area contributed by atoms with Crippen LogP contribution in [0.25, 0.3) is 0 Å². The van der Waals surface area contributed by atoms with Gasteiger partial charge in [0.1, 0.15) is 0 Å². The zero-order valence-corrected chi connectivity index (χ0v) is 11.7. The lowest BCUT2D eigenvalue weighted by atomic mass is 10.3. The summed E-state index contributed by atoms with van der Waals surface area (Å²) in [5, 5.41) is 20.3. The lowest BCUT2D eigenvalue weighted by Gasteiger charge is -2.23. The molecule has 0 aromatic carbocycles. The van der Waals surface area contributed by atoms with Crippen molar-refractivity contribution < 1.29 is 24.5 Å². The van der Waals surface area contributed by atoms with Crippen molar-refractivity contribution in [1.82, 2.24) is 15.1 Å². The monoisotopic (exact) mass is 289 g/mol. The molecule has 0 spiro atoms. The Morgan fingerprint density at radius 3 is 2.65 bits per heavy atom. The lowest BCUT2D eigenvalue weighted by molar-refractivity contribution is -0.140. The second-order valence-corrected chi connectivity index (χ2v) is 4.70. The number of aliphatic hydroxyl groups is 1. The smallest absolute Gasteiger partial charge is 0.328 e. The molecule has 0 aromatic heterocycles. The summed E-state index contributed by atoms with van der Waals surface area (Å²) in [6, 6.07) is -1.43. The summed E-state index contributed by atoms with van der Waals surface area (Å²) in [5.41, 5.74) is 0. The lowest BCUT2D eigenvalue weighted by Crippen LogP contribution is -2.50. The van der Waals surface area contributed by atoms with Gasteiger partial charge in [-0.25, -0.2) is 9.59 Å². The maximum Gasteiger partial charge on any atom is 0.328 e. The summed E-state index contributed by atoms with van der Waals surface area (Å²) in [6.45, 7) is 3.22. The van der Waals surface area contributed by atoms with Crippen molar-refractivity contribution in [1.29, 1.82) is 0 Å².